The molecule has 174 valence electrons. The van der Waals surface area contributed by atoms with Crippen molar-refractivity contribution in [2.24, 2.45) is 0 Å². The number of aromatic nitrogens is 2. The van der Waals surface area contributed by atoms with Gasteiger partial charge in [0.25, 0.3) is 0 Å². The van der Waals surface area contributed by atoms with Gasteiger partial charge in [-0.1, -0.05) is 18.2 Å². The maximum Gasteiger partial charge on any atom is 0.238 e. The number of aryl methyl sites for hydroxylation is 1. The number of para-hydroxylation sites is 1. The number of benzene rings is 2. The average Bonchev–Trinajstić information content (AvgIpc) is 3.14. The zero-order chi connectivity index (χ0) is 23.4. The third-order valence-electron chi connectivity index (χ3n) is 5.99. The summed E-state index contributed by atoms with van der Waals surface area (Å²) in [5, 5.41) is 7.73. The van der Waals surface area contributed by atoms with E-state index in [1.54, 1.807) is 32.4 Å². The normalized spacial score (nSPS) is 14.2. The van der Waals surface area contributed by atoms with Crippen LogP contribution in [0.4, 0.5) is 11.4 Å². The van der Waals surface area contributed by atoms with Crippen molar-refractivity contribution in [3.05, 3.63) is 59.9 Å². The number of rotatable bonds is 7. The molecule has 1 amide bonds. The van der Waals surface area contributed by atoms with Crippen LogP contribution in [-0.2, 0) is 4.79 Å². The van der Waals surface area contributed by atoms with Gasteiger partial charge in [0.1, 0.15) is 11.5 Å². The van der Waals surface area contributed by atoms with Crippen LogP contribution in [0.25, 0.3) is 5.69 Å². The number of methoxy groups -OCH3 is 2. The second kappa shape index (κ2) is 9.95. The molecule has 1 fully saturated rings. The number of nitrogens with zero attached hydrogens (tertiary/aromatic N) is 4. The molecule has 2 heterocycles. The Morgan fingerprint density at radius 1 is 1.00 bits per heavy atom. The first-order valence-corrected chi connectivity index (χ1v) is 11.1. The standard InChI is InChI=1S/C25H31N5O3/c1-18-25(19(2)30(27-18)20-8-6-5-7-9-20)29-14-12-28(13-15-29)17-24(31)26-22-11-10-21(32-3)16-23(22)33-4/h5-11,16H,12-15,17H2,1-4H3,(H,26,31). The highest BCUT2D eigenvalue weighted by Gasteiger charge is 2.24. The van der Waals surface area contributed by atoms with Gasteiger partial charge >= 0.3 is 0 Å². The molecule has 0 spiro atoms. The van der Waals surface area contributed by atoms with E-state index in [4.69, 9.17) is 14.6 Å². The number of carbonyl (C=O) groups excluding carboxylic acids is 1. The van der Waals surface area contributed by atoms with Crippen LogP contribution >= 0.6 is 0 Å². The summed E-state index contributed by atoms with van der Waals surface area (Å²) in [6.07, 6.45) is 0. The summed E-state index contributed by atoms with van der Waals surface area (Å²) in [4.78, 5) is 17.2. The van der Waals surface area contributed by atoms with Gasteiger partial charge in [-0.05, 0) is 38.1 Å². The fraction of sp³-hybridized carbons (Fsp3) is 0.360. The molecule has 1 aromatic heterocycles. The molecule has 0 unspecified atom stereocenters. The Balaban J connectivity index is 1.36. The predicted molar refractivity (Wildman–Crippen MR) is 130 cm³/mol. The molecule has 0 atom stereocenters. The molecule has 8 heteroatoms. The highest BCUT2D eigenvalue weighted by atomic mass is 16.5. The molecule has 3 aromatic rings. The lowest BCUT2D eigenvalue weighted by molar-refractivity contribution is -0.117. The Morgan fingerprint density at radius 2 is 1.73 bits per heavy atom. The molecular formula is C25H31N5O3. The van der Waals surface area contributed by atoms with Gasteiger partial charge in [0.05, 0.1) is 49.2 Å². The Kier molecular flexibility index (Phi) is 6.84. The first-order chi connectivity index (χ1) is 16.0. The van der Waals surface area contributed by atoms with Gasteiger partial charge in [0, 0.05) is 32.2 Å². The van der Waals surface area contributed by atoms with Gasteiger partial charge in [-0.3, -0.25) is 9.69 Å². The van der Waals surface area contributed by atoms with Gasteiger partial charge < -0.3 is 19.7 Å². The summed E-state index contributed by atoms with van der Waals surface area (Å²) in [6.45, 7) is 7.83. The lowest BCUT2D eigenvalue weighted by Crippen LogP contribution is -2.49. The largest absolute Gasteiger partial charge is 0.497 e. The third-order valence-corrected chi connectivity index (χ3v) is 5.99. The smallest absolute Gasteiger partial charge is 0.238 e. The minimum absolute atomic E-state index is 0.0591. The molecule has 0 radical (unpaired) electrons. The molecule has 1 N–H and O–H groups in total. The van der Waals surface area contributed by atoms with Crippen molar-refractivity contribution in [2.75, 3.05) is 57.2 Å². The first-order valence-electron chi connectivity index (χ1n) is 11.1. The summed E-state index contributed by atoms with van der Waals surface area (Å²) in [5.74, 6) is 1.20. The third kappa shape index (κ3) is 4.96. The predicted octanol–water partition coefficient (Wildman–Crippen LogP) is 3.27. The van der Waals surface area contributed by atoms with Crippen LogP contribution in [0.15, 0.2) is 48.5 Å². The van der Waals surface area contributed by atoms with Crippen molar-refractivity contribution in [3.63, 3.8) is 0 Å². The van der Waals surface area contributed by atoms with E-state index in [1.807, 2.05) is 22.9 Å². The molecule has 33 heavy (non-hydrogen) atoms. The van der Waals surface area contributed by atoms with Gasteiger partial charge in [-0.25, -0.2) is 4.68 Å². The highest BCUT2D eigenvalue weighted by Crippen LogP contribution is 2.30. The van der Waals surface area contributed by atoms with E-state index in [0.717, 1.165) is 43.3 Å². The monoisotopic (exact) mass is 449 g/mol. The van der Waals surface area contributed by atoms with Crippen molar-refractivity contribution < 1.29 is 14.3 Å². The molecular weight excluding hydrogens is 418 g/mol. The van der Waals surface area contributed by atoms with E-state index in [1.165, 1.54) is 5.69 Å². The Morgan fingerprint density at radius 3 is 2.39 bits per heavy atom. The maximum absolute atomic E-state index is 12.7. The van der Waals surface area contributed by atoms with Crippen LogP contribution in [0.2, 0.25) is 0 Å². The minimum atomic E-state index is -0.0591. The number of hydrogen-bond acceptors (Lipinski definition) is 6. The van der Waals surface area contributed by atoms with Crippen LogP contribution in [0.3, 0.4) is 0 Å². The minimum Gasteiger partial charge on any atom is -0.497 e. The molecule has 4 rings (SSSR count). The fourth-order valence-corrected chi connectivity index (χ4v) is 4.34. The van der Waals surface area contributed by atoms with E-state index in [-0.39, 0.29) is 5.91 Å². The number of amides is 1. The molecule has 1 saturated heterocycles. The van der Waals surface area contributed by atoms with Crippen LogP contribution in [-0.4, -0.2) is 67.5 Å². The number of piperazine rings is 1. The molecule has 0 aliphatic carbocycles. The zero-order valence-corrected chi connectivity index (χ0v) is 19.7. The van der Waals surface area contributed by atoms with Gasteiger partial charge in [-0.15, -0.1) is 0 Å². The van der Waals surface area contributed by atoms with Crippen molar-refractivity contribution in [3.8, 4) is 17.2 Å². The summed E-state index contributed by atoms with van der Waals surface area (Å²) in [6, 6.07) is 15.5. The van der Waals surface area contributed by atoms with Crippen LogP contribution in [0.1, 0.15) is 11.4 Å². The van der Waals surface area contributed by atoms with Crippen molar-refractivity contribution in [2.45, 2.75) is 13.8 Å². The molecule has 1 aliphatic heterocycles. The summed E-state index contributed by atoms with van der Waals surface area (Å²) >= 11 is 0. The number of nitrogens with one attached hydrogen (secondary N) is 1. The lowest BCUT2D eigenvalue weighted by atomic mass is 10.2. The number of carbonyl (C=O) groups is 1. The summed E-state index contributed by atoms with van der Waals surface area (Å²) in [7, 11) is 3.18. The van der Waals surface area contributed by atoms with Crippen LogP contribution in [0, 0.1) is 13.8 Å². The zero-order valence-electron chi connectivity index (χ0n) is 19.7. The Bertz CT molecular complexity index is 1100. The Hall–Kier alpha value is -3.52. The Labute approximate surface area is 194 Å². The van der Waals surface area contributed by atoms with Crippen molar-refractivity contribution in [1.29, 1.82) is 0 Å². The molecule has 8 nitrogen and oxygen atoms in total. The van der Waals surface area contributed by atoms with E-state index < -0.39 is 0 Å². The van der Waals surface area contributed by atoms with Crippen molar-refractivity contribution in [1.82, 2.24) is 14.7 Å². The highest BCUT2D eigenvalue weighted by molar-refractivity contribution is 5.93. The van der Waals surface area contributed by atoms with Gasteiger partial charge in [-0.2, -0.15) is 5.10 Å². The SMILES string of the molecule is COc1ccc(NC(=O)CN2CCN(c3c(C)nn(-c4ccccc4)c3C)CC2)c(OC)c1. The van der Waals surface area contributed by atoms with E-state index in [2.05, 4.69) is 41.1 Å². The number of anilines is 2. The topological polar surface area (TPSA) is 71.9 Å². The van der Waals surface area contributed by atoms with Gasteiger partial charge in [0.15, 0.2) is 0 Å². The molecule has 0 bridgehead atoms. The van der Waals surface area contributed by atoms with E-state index >= 15 is 0 Å². The first kappa shape index (κ1) is 22.7. The second-order valence-corrected chi connectivity index (χ2v) is 8.14. The average molecular weight is 450 g/mol. The molecule has 1 aliphatic rings. The maximum atomic E-state index is 12.7. The quantitative estimate of drug-likeness (QED) is 0.597. The summed E-state index contributed by atoms with van der Waals surface area (Å²) < 4.78 is 12.6. The van der Waals surface area contributed by atoms with E-state index in [9.17, 15) is 4.79 Å². The van der Waals surface area contributed by atoms with Crippen LogP contribution in [0.5, 0.6) is 11.5 Å². The second-order valence-electron chi connectivity index (χ2n) is 8.14. The summed E-state index contributed by atoms with van der Waals surface area (Å²) in [5.41, 5.74) is 5.05. The number of hydrogen-bond donors (Lipinski definition) is 1. The molecule has 2 aromatic carbocycles. The lowest BCUT2D eigenvalue weighted by Gasteiger charge is -2.35. The fourth-order valence-electron chi connectivity index (χ4n) is 4.34. The van der Waals surface area contributed by atoms with Gasteiger partial charge in [0.2, 0.25) is 5.91 Å². The number of ether oxygens (including phenoxy) is 2. The molecule has 0 saturated carbocycles. The van der Waals surface area contributed by atoms with Crippen LogP contribution < -0.4 is 19.7 Å². The van der Waals surface area contributed by atoms with Crippen molar-refractivity contribution >= 4 is 17.3 Å². The van der Waals surface area contributed by atoms with E-state index in [0.29, 0.717) is 23.7 Å².